The highest BCUT2D eigenvalue weighted by atomic mass is 79.9. The molecule has 1 rings (SSSR count). The van der Waals surface area contributed by atoms with Crippen LogP contribution in [0.1, 0.15) is 27.7 Å². The van der Waals surface area contributed by atoms with E-state index in [4.69, 9.17) is 0 Å². The van der Waals surface area contributed by atoms with Crippen molar-refractivity contribution in [2.24, 2.45) is 5.10 Å². The van der Waals surface area contributed by atoms with Gasteiger partial charge in [0.25, 0.3) is 0 Å². The number of hydrogen-bond donors (Lipinski definition) is 0. The van der Waals surface area contributed by atoms with Crippen molar-refractivity contribution in [3.05, 3.63) is 0 Å². The minimum Gasteiger partial charge on any atom is -0.326 e. The van der Waals surface area contributed by atoms with Gasteiger partial charge in [-0.05, 0) is 43.6 Å². The number of rotatable bonds is 1. The van der Waals surface area contributed by atoms with Crippen LogP contribution in [0.3, 0.4) is 0 Å². The standard InChI is InChI=1S/C8H16BrN3/c1-5-12-7(9)11(6-10-12)8(2,3)4/h6-7H,5H2,1-4H3. The first kappa shape index (κ1) is 9.84. The molecule has 12 heavy (non-hydrogen) atoms. The molecule has 1 heterocycles. The normalized spacial score (nSPS) is 23.9. The molecule has 3 nitrogen and oxygen atoms in total. The Morgan fingerprint density at radius 3 is 2.33 bits per heavy atom. The van der Waals surface area contributed by atoms with Crippen LogP contribution in [0.25, 0.3) is 0 Å². The second kappa shape index (κ2) is 3.24. The van der Waals surface area contributed by atoms with Crippen LogP contribution < -0.4 is 0 Å². The molecule has 70 valence electrons. The van der Waals surface area contributed by atoms with E-state index in [2.05, 4.69) is 53.6 Å². The van der Waals surface area contributed by atoms with E-state index in [1.165, 1.54) is 0 Å². The molecule has 0 bridgehead atoms. The molecular weight excluding hydrogens is 218 g/mol. The minimum absolute atomic E-state index is 0.127. The molecule has 0 radical (unpaired) electrons. The van der Waals surface area contributed by atoms with Gasteiger partial charge in [0.15, 0.2) is 5.08 Å². The molecule has 0 N–H and O–H groups in total. The molecule has 0 saturated carbocycles. The Labute approximate surface area is 82.5 Å². The third-order valence-electron chi connectivity index (χ3n) is 1.90. The Morgan fingerprint density at radius 2 is 2.08 bits per heavy atom. The van der Waals surface area contributed by atoms with Crippen molar-refractivity contribution in [2.45, 2.75) is 38.3 Å². The van der Waals surface area contributed by atoms with E-state index in [0.717, 1.165) is 6.54 Å². The van der Waals surface area contributed by atoms with Crippen LogP contribution in [0, 0.1) is 0 Å². The van der Waals surface area contributed by atoms with Crippen LogP contribution in [0.15, 0.2) is 5.10 Å². The average Bonchev–Trinajstić information content (AvgIpc) is 2.29. The predicted molar refractivity (Wildman–Crippen MR) is 55.2 cm³/mol. The highest BCUT2D eigenvalue weighted by molar-refractivity contribution is 9.09. The number of nitrogens with zero attached hydrogens (tertiary/aromatic N) is 3. The summed E-state index contributed by atoms with van der Waals surface area (Å²) in [5, 5.41) is 6.49. The highest BCUT2D eigenvalue weighted by Crippen LogP contribution is 2.25. The van der Waals surface area contributed by atoms with Crippen molar-refractivity contribution in [3.8, 4) is 0 Å². The van der Waals surface area contributed by atoms with Crippen LogP contribution in [0.4, 0.5) is 0 Å². The summed E-state index contributed by atoms with van der Waals surface area (Å²) in [5.41, 5.74) is 0.127. The maximum atomic E-state index is 4.27. The number of halogens is 1. The molecule has 0 aromatic heterocycles. The van der Waals surface area contributed by atoms with Gasteiger partial charge in [-0.1, -0.05) is 0 Å². The summed E-state index contributed by atoms with van der Waals surface area (Å²) in [6.45, 7) is 9.54. The predicted octanol–water partition coefficient (Wildman–Crippen LogP) is 2.04. The first-order chi connectivity index (χ1) is 5.46. The molecule has 4 heteroatoms. The third-order valence-corrected chi connectivity index (χ3v) is 2.81. The van der Waals surface area contributed by atoms with Crippen LogP contribution in [-0.4, -0.2) is 33.4 Å². The SMILES string of the molecule is CCN1N=CN(C(C)(C)C)C1Br. The Morgan fingerprint density at radius 1 is 1.50 bits per heavy atom. The first-order valence-corrected chi connectivity index (χ1v) is 5.11. The van der Waals surface area contributed by atoms with Crippen LogP contribution in [0.2, 0.25) is 0 Å². The van der Waals surface area contributed by atoms with E-state index < -0.39 is 0 Å². The lowest BCUT2D eigenvalue weighted by molar-refractivity contribution is 0.148. The number of hydrazone groups is 1. The van der Waals surface area contributed by atoms with E-state index >= 15 is 0 Å². The molecule has 0 aromatic rings. The summed E-state index contributed by atoms with van der Waals surface area (Å²) in [5.74, 6) is 0. The summed E-state index contributed by atoms with van der Waals surface area (Å²) < 4.78 is 0. The van der Waals surface area contributed by atoms with Crippen molar-refractivity contribution in [3.63, 3.8) is 0 Å². The fraction of sp³-hybridized carbons (Fsp3) is 0.875. The van der Waals surface area contributed by atoms with Gasteiger partial charge in [-0.15, -0.1) is 0 Å². The van der Waals surface area contributed by atoms with E-state index in [1.54, 1.807) is 0 Å². The topological polar surface area (TPSA) is 18.8 Å². The minimum atomic E-state index is 0.127. The maximum Gasteiger partial charge on any atom is 0.176 e. The van der Waals surface area contributed by atoms with Crippen molar-refractivity contribution in [2.75, 3.05) is 6.54 Å². The molecule has 0 aliphatic carbocycles. The van der Waals surface area contributed by atoms with E-state index in [-0.39, 0.29) is 10.6 Å². The Balaban J connectivity index is 2.68. The Kier molecular flexibility index (Phi) is 2.66. The number of hydrogen-bond acceptors (Lipinski definition) is 3. The fourth-order valence-electron chi connectivity index (χ4n) is 1.10. The van der Waals surface area contributed by atoms with Gasteiger partial charge < -0.3 is 4.90 Å². The van der Waals surface area contributed by atoms with E-state index in [9.17, 15) is 0 Å². The fourth-order valence-corrected chi connectivity index (χ4v) is 2.22. The van der Waals surface area contributed by atoms with Gasteiger partial charge in [-0.25, -0.2) is 0 Å². The second-order valence-electron chi connectivity index (χ2n) is 3.88. The smallest absolute Gasteiger partial charge is 0.176 e. The molecule has 1 aliphatic heterocycles. The lowest BCUT2D eigenvalue weighted by atomic mass is 10.1. The molecule has 1 unspecified atom stereocenters. The highest BCUT2D eigenvalue weighted by Gasteiger charge is 2.31. The van der Waals surface area contributed by atoms with Crippen LogP contribution in [-0.2, 0) is 0 Å². The van der Waals surface area contributed by atoms with Gasteiger partial charge in [0.2, 0.25) is 0 Å². The van der Waals surface area contributed by atoms with Gasteiger partial charge >= 0.3 is 0 Å². The van der Waals surface area contributed by atoms with Crippen LogP contribution in [0.5, 0.6) is 0 Å². The van der Waals surface area contributed by atoms with Gasteiger partial charge in [0.05, 0.1) is 0 Å². The van der Waals surface area contributed by atoms with Gasteiger partial charge in [-0.2, -0.15) is 5.10 Å². The molecule has 0 amide bonds. The summed E-state index contributed by atoms with van der Waals surface area (Å²) in [7, 11) is 0. The van der Waals surface area contributed by atoms with Crippen LogP contribution >= 0.6 is 15.9 Å². The van der Waals surface area contributed by atoms with Gasteiger partial charge in [0.1, 0.15) is 6.34 Å². The Hall–Kier alpha value is -0.250. The van der Waals surface area contributed by atoms with Crippen molar-refractivity contribution in [1.29, 1.82) is 0 Å². The molecule has 0 fully saturated rings. The lowest BCUT2D eigenvalue weighted by Crippen LogP contribution is -2.46. The molecule has 1 aliphatic rings. The van der Waals surface area contributed by atoms with Crippen molar-refractivity contribution < 1.29 is 0 Å². The molecular formula is C8H16BrN3. The van der Waals surface area contributed by atoms with Crippen molar-refractivity contribution >= 4 is 22.3 Å². The lowest BCUT2D eigenvalue weighted by Gasteiger charge is -2.35. The zero-order valence-electron chi connectivity index (χ0n) is 8.08. The molecule has 0 saturated heterocycles. The second-order valence-corrected chi connectivity index (χ2v) is 4.69. The quantitative estimate of drug-likeness (QED) is 0.510. The molecule has 0 aromatic carbocycles. The van der Waals surface area contributed by atoms with Gasteiger partial charge in [0, 0.05) is 12.1 Å². The monoisotopic (exact) mass is 233 g/mol. The maximum absolute atomic E-state index is 4.27. The van der Waals surface area contributed by atoms with Gasteiger partial charge in [-0.3, -0.25) is 5.01 Å². The zero-order chi connectivity index (χ0) is 9.35. The number of alkyl halides is 1. The first-order valence-electron chi connectivity index (χ1n) is 4.20. The Bertz CT molecular complexity index is 185. The van der Waals surface area contributed by atoms with E-state index in [1.807, 2.05) is 11.3 Å². The summed E-state index contributed by atoms with van der Waals surface area (Å²) in [4.78, 5) is 2.19. The summed E-state index contributed by atoms with van der Waals surface area (Å²) in [6, 6.07) is 0. The molecule has 0 spiro atoms. The summed E-state index contributed by atoms with van der Waals surface area (Å²) >= 11 is 3.59. The zero-order valence-corrected chi connectivity index (χ0v) is 9.67. The average molecular weight is 234 g/mol. The largest absolute Gasteiger partial charge is 0.326 e. The summed E-state index contributed by atoms with van der Waals surface area (Å²) in [6.07, 6.45) is 1.89. The third kappa shape index (κ3) is 1.73. The van der Waals surface area contributed by atoms with Crippen molar-refractivity contribution in [1.82, 2.24) is 9.91 Å². The van der Waals surface area contributed by atoms with E-state index in [0.29, 0.717) is 0 Å². The molecule has 1 atom stereocenters.